The minimum absolute atomic E-state index is 0.0451. The Bertz CT molecular complexity index is 479. The Morgan fingerprint density at radius 1 is 1.26 bits per heavy atom. The zero-order valence-corrected chi connectivity index (χ0v) is 14.3. The molecule has 4 atom stereocenters. The molecule has 6 nitrogen and oxygen atoms in total. The van der Waals surface area contributed by atoms with Crippen molar-refractivity contribution >= 4 is 17.8 Å². The van der Waals surface area contributed by atoms with Gasteiger partial charge in [0.05, 0.1) is 11.8 Å². The van der Waals surface area contributed by atoms with Crippen molar-refractivity contribution in [2.45, 2.75) is 65.0 Å². The molecular formula is C17H28N2O4. The summed E-state index contributed by atoms with van der Waals surface area (Å²) in [4.78, 5) is 39.7. The van der Waals surface area contributed by atoms with Crippen LogP contribution >= 0.6 is 0 Å². The van der Waals surface area contributed by atoms with Gasteiger partial charge in [0.25, 0.3) is 0 Å². The molecule has 0 spiro atoms. The van der Waals surface area contributed by atoms with Gasteiger partial charge >= 0.3 is 5.97 Å². The number of hydrogen-bond acceptors (Lipinski definition) is 3. The molecule has 23 heavy (non-hydrogen) atoms. The highest BCUT2D eigenvalue weighted by Gasteiger charge is 2.41. The van der Waals surface area contributed by atoms with Gasteiger partial charge < -0.3 is 14.9 Å². The first kappa shape index (κ1) is 17.8. The summed E-state index contributed by atoms with van der Waals surface area (Å²) in [5.74, 6) is -1.65. The number of piperidine rings is 1. The number of hydrogen-bond donors (Lipinski definition) is 1. The molecule has 1 N–H and O–H groups in total. The van der Waals surface area contributed by atoms with E-state index in [1.807, 2.05) is 18.7 Å². The topological polar surface area (TPSA) is 77.9 Å². The van der Waals surface area contributed by atoms with Crippen molar-refractivity contribution < 1.29 is 19.5 Å². The summed E-state index contributed by atoms with van der Waals surface area (Å²) in [7, 11) is 0. The molecule has 2 fully saturated rings. The van der Waals surface area contributed by atoms with Gasteiger partial charge in [0.2, 0.25) is 11.8 Å². The Hall–Kier alpha value is -1.59. The molecule has 0 radical (unpaired) electrons. The Kier molecular flexibility index (Phi) is 5.65. The molecule has 2 heterocycles. The van der Waals surface area contributed by atoms with Gasteiger partial charge in [0, 0.05) is 31.6 Å². The monoisotopic (exact) mass is 324 g/mol. The van der Waals surface area contributed by atoms with Gasteiger partial charge in [-0.1, -0.05) is 13.3 Å². The molecule has 0 aliphatic carbocycles. The maximum atomic E-state index is 12.8. The van der Waals surface area contributed by atoms with E-state index in [9.17, 15) is 19.5 Å². The van der Waals surface area contributed by atoms with E-state index >= 15 is 0 Å². The maximum Gasteiger partial charge on any atom is 0.308 e. The minimum atomic E-state index is -0.838. The lowest BCUT2D eigenvalue weighted by atomic mass is 9.92. The summed E-state index contributed by atoms with van der Waals surface area (Å²) >= 11 is 0. The predicted molar refractivity (Wildman–Crippen MR) is 85.7 cm³/mol. The van der Waals surface area contributed by atoms with E-state index in [0.717, 1.165) is 12.8 Å². The fraction of sp³-hybridized carbons (Fsp3) is 0.824. The summed E-state index contributed by atoms with van der Waals surface area (Å²) in [6, 6.07) is 0.214. The number of nitrogens with zero attached hydrogens (tertiary/aromatic N) is 2. The van der Waals surface area contributed by atoms with E-state index in [1.165, 1.54) is 0 Å². The molecule has 6 heteroatoms. The first-order valence-corrected chi connectivity index (χ1v) is 8.67. The number of aliphatic carboxylic acids is 1. The molecule has 0 bridgehead atoms. The SMILES string of the molecule is CCCC(C)N1CC(C(=O)N2CC(C(=O)O)CCC2C)CC1=O. The van der Waals surface area contributed by atoms with Crippen molar-refractivity contribution in [1.29, 1.82) is 0 Å². The van der Waals surface area contributed by atoms with E-state index in [-0.39, 0.29) is 42.8 Å². The third-order valence-corrected chi connectivity index (χ3v) is 5.26. The van der Waals surface area contributed by atoms with E-state index in [0.29, 0.717) is 19.4 Å². The Balaban J connectivity index is 2.02. The fourth-order valence-corrected chi connectivity index (χ4v) is 3.75. The lowest BCUT2D eigenvalue weighted by Crippen LogP contribution is -2.50. The average Bonchev–Trinajstić information content (AvgIpc) is 2.89. The first-order valence-electron chi connectivity index (χ1n) is 8.67. The van der Waals surface area contributed by atoms with Crippen LogP contribution in [-0.4, -0.2) is 57.9 Å². The lowest BCUT2D eigenvalue weighted by molar-refractivity contribution is -0.148. The van der Waals surface area contributed by atoms with Gasteiger partial charge in [-0.15, -0.1) is 0 Å². The second-order valence-corrected chi connectivity index (χ2v) is 7.04. The van der Waals surface area contributed by atoms with Gasteiger partial charge in [-0.05, 0) is 33.1 Å². The molecule has 2 aliphatic rings. The summed E-state index contributed by atoms with van der Waals surface area (Å²) in [5, 5.41) is 9.21. The quantitative estimate of drug-likeness (QED) is 0.835. The van der Waals surface area contributed by atoms with Crippen LogP contribution in [0.4, 0.5) is 0 Å². The maximum absolute atomic E-state index is 12.8. The number of carboxylic acids is 1. The largest absolute Gasteiger partial charge is 0.481 e. The number of likely N-dealkylation sites (tertiary alicyclic amines) is 2. The fourth-order valence-electron chi connectivity index (χ4n) is 3.75. The van der Waals surface area contributed by atoms with E-state index in [1.54, 1.807) is 4.90 Å². The number of rotatable bonds is 5. The van der Waals surface area contributed by atoms with Crippen molar-refractivity contribution in [3.05, 3.63) is 0 Å². The zero-order valence-electron chi connectivity index (χ0n) is 14.3. The second-order valence-electron chi connectivity index (χ2n) is 7.04. The van der Waals surface area contributed by atoms with Crippen molar-refractivity contribution in [1.82, 2.24) is 9.80 Å². The van der Waals surface area contributed by atoms with Gasteiger partial charge in [-0.2, -0.15) is 0 Å². The summed E-state index contributed by atoms with van der Waals surface area (Å²) < 4.78 is 0. The second kappa shape index (κ2) is 7.32. The molecule has 2 aliphatic heterocycles. The summed E-state index contributed by atoms with van der Waals surface area (Å²) in [6.45, 7) is 6.81. The van der Waals surface area contributed by atoms with Crippen LogP contribution in [-0.2, 0) is 14.4 Å². The molecule has 0 aromatic rings. The molecule has 2 saturated heterocycles. The third kappa shape index (κ3) is 3.85. The van der Waals surface area contributed by atoms with Crippen LogP contribution in [0, 0.1) is 11.8 Å². The molecule has 0 aromatic heterocycles. The molecule has 0 aromatic carbocycles. The zero-order chi connectivity index (χ0) is 17.1. The number of carbonyl (C=O) groups excluding carboxylic acids is 2. The molecule has 0 saturated carbocycles. The Labute approximate surface area is 137 Å². The van der Waals surface area contributed by atoms with Crippen LogP contribution < -0.4 is 0 Å². The van der Waals surface area contributed by atoms with Gasteiger partial charge in [0.1, 0.15) is 0 Å². The van der Waals surface area contributed by atoms with Gasteiger partial charge in [-0.3, -0.25) is 14.4 Å². The van der Waals surface area contributed by atoms with Crippen molar-refractivity contribution in [3.8, 4) is 0 Å². The van der Waals surface area contributed by atoms with E-state index < -0.39 is 11.9 Å². The van der Waals surface area contributed by atoms with Crippen molar-refractivity contribution in [2.24, 2.45) is 11.8 Å². The van der Waals surface area contributed by atoms with E-state index in [4.69, 9.17) is 0 Å². The number of amides is 2. The standard InChI is InChI=1S/C17H28N2O4/c1-4-5-11(2)18-10-14(8-15(18)20)16(21)19-9-13(17(22)23)7-6-12(19)3/h11-14H,4-10H2,1-3H3,(H,22,23). The molecular weight excluding hydrogens is 296 g/mol. The van der Waals surface area contributed by atoms with Crippen LogP contribution in [0.5, 0.6) is 0 Å². The molecule has 2 amide bonds. The smallest absolute Gasteiger partial charge is 0.308 e. The molecule has 130 valence electrons. The average molecular weight is 324 g/mol. The van der Waals surface area contributed by atoms with Crippen LogP contribution in [0.2, 0.25) is 0 Å². The van der Waals surface area contributed by atoms with Crippen LogP contribution in [0.3, 0.4) is 0 Å². The highest BCUT2D eigenvalue weighted by Crippen LogP contribution is 2.28. The number of carbonyl (C=O) groups is 3. The summed E-state index contributed by atoms with van der Waals surface area (Å²) in [6.07, 6.45) is 3.53. The lowest BCUT2D eigenvalue weighted by Gasteiger charge is -2.38. The van der Waals surface area contributed by atoms with Crippen LogP contribution in [0.1, 0.15) is 52.9 Å². The van der Waals surface area contributed by atoms with Crippen LogP contribution in [0.15, 0.2) is 0 Å². The molecule has 4 unspecified atom stereocenters. The van der Waals surface area contributed by atoms with Crippen LogP contribution in [0.25, 0.3) is 0 Å². The highest BCUT2D eigenvalue weighted by atomic mass is 16.4. The Morgan fingerprint density at radius 3 is 2.57 bits per heavy atom. The van der Waals surface area contributed by atoms with Gasteiger partial charge in [0.15, 0.2) is 0 Å². The predicted octanol–water partition coefficient (Wildman–Crippen LogP) is 1.74. The minimum Gasteiger partial charge on any atom is -0.481 e. The number of carboxylic acid groups (broad SMARTS) is 1. The molecule has 2 rings (SSSR count). The van der Waals surface area contributed by atoms with Crippen molar-refractivity contribution in [3.63, 3.8) is 0 Å². The summed E-state index contributed by atoms with van der Waals surface area (Å²) in [5.41, 5.74) is 0. The van der Waals surface area contributed by atoms with Gasteiger partial charge in [-0.25, -0.2) is 0 Å². The Morgan fingerprint density at radius 2 is 1.96 bits per heavy atom. The first-order chi connectivity index (χ1) is 10.8. The normalized spacial score (nSPS) is 29.7. The third-order valence-electron chi connectivity index (χ3n) is 5.26. The highest BCUT2D eigenvalue weighted by molar-refractivity contribution is 5.90. The van der Waals surface area contributed by atoms with E-state index in [2.05, 4.69) is 6.92 Å². The van der Waals surface area contributed by atoms with Crippen molar-refractivity contribution in [2.75, 3.05) is 13.1 Å².